The first-order chi connectivity index (χ1) is 22.7. The molecular weight excluding hydrogens is 606 g/mol. The molecule has 14 heteroatoms. The molecule has 3 heterocycles. The van der Waals surface area contributed by atoms with Crippen molar-refractivity contribution in [2.75, 3.05) is 39.1 Å². The highest BCUT2D eigenvalue weighted by molar-refractivity contribution is 5.83. The number of esters is 2. The summed E-state index contributed by atoms with van der Waals surface area (Å²) in [6.07, 6.45) is 3.95. The number of rotatable bonds is 16. The van der Waals surface area contributed by atoms with Gasteiger partial charge >= 0.3 is 23.6 Å². The third kappa shape index (κ3) is 9.09. The maximum absolute atomic E-state index is 13.7. The van der Waals surface area contributed by atoms with E-state index in [9.17, 15) is 19.2 Å². The Bertz CT molecular complexity index is 1570. The van der Waals surface area contributed by atoms with Crippen molar-refractivity contribution in [2.45, 2.75) is 84.3 Å². The van der Waals surface area contributed by atoms with Crippen LogP contribution >= 0.6 is 0 Å². The zero-order chi connectivity index (χ0) is 33.9. The Morgan fingerprint density at radius 1 is 1.09 bits per heavy atom. The van der Waals surface area contributed by atoms with Crippen molar-refractivity contribution in [1.82, 2.24) is 29.7 Å². The maximum Gasteiger partial charge on any atom is 0.328 e. The molecule has 256 valence electrons. The van der Waals surface area contributed by atoms with Crippen LogP contribution in [0.1, 0.15) is 76.5 Å². The summed E-state index contributed by atoms with van der Waals surface area (Å²) < 4.78 is 17.3. The van der Waals surface area contributed by atoms with Crippen molar-refractivity contribution < 1.29 is 28.6 Å². The summed E-state index contributed by atoms with van der Waals surface area (Å²) in [5.74, 6) is -0.950. The third-order valence-corrected chi connectivity index (χ3v) is 8.50. The van der Waals surface area contributed by atoms with Gasteiger partial charge in [-0.2, -0.15) is 9.97 Å². The molecule has 1 fully saturated rings. The quantitative estimate of drug-likeness (QED) is 0.153. The second-order valence-electron chi connectivity index (χ2n) is 11.8. The summed E-state index contributed by atoms with van der Waals surface area (Å²) in [7, 11) is 1.35. The molecule has 3 unspecified atom stereocenters. The summed E-state index contributed by atoms with van der Waals surface area (Å²) in [6, 6.07) is 6.54. The Labute approximate surface area is 274 Å². The zero-order valence-corrected chi connectivity index (χ0v) is 27.8. The van der Waals surface area contributed by atoms with E-state index in [1.165, 1.54) is 11.7 Å². The molecule has 14 nitrogen and oxygen atoms in total. The van der Waals surface area contributed by atoms with E-state index in [0.717, 1.165) is 30.4 Å². The molecule has 0 radical (unpaired) electrons. The summed E-state index contributed by atoms with van der Waals surface area (Å²) in [5, 5.41) is 3.07. The number of methoxy groups -OCH3 is 1. The van der Waals surface area contributed by atoms with Crippen LogP contribution in [0.3, 0.4) is 0 Å². The highest BCUT2D eigenvalue weighted by atomic mass is 16.5. The molecule has 2 aromatic heterocycles. The van der Waals surface area contributed by atoms with E-state index in [0.29, 0.717) is 50.2 Å². The third-order valence-electron chi connectivity index (χ3n) is 8.50. The number of hydrogen-bond donors (Lipinski definition) is 3. The first-order valence-corrected chi connectivity index (χ1v) is 16.4. The number of likely N-dealkylation sites (tertiary alicyclic amines) is 1. The fraction of sp³-hybridized carbons (Fsp3) is 0.576. The van der Waals surface area contributed by atoms with Gasteiger partial charge in [-0.3, -0.25) is 23.9 Å². The lowest BCUT2D eigenvalue weighted by Crippen LogP contribution is -2.53. The monoisotopic (exact) mass is 653 g/mol. The SMILES string of the molecule is CCCCOc1nc(N)c2[nH]c(=O)n(C3CN(C(CCC)C(=O)NCc4ccc(CC(=O)OC)cc4)CCC3CC(=O)OCC)c2n1. The zero-order valence-electron chi connectivity index (χ0n) is 27.8. The van der Waals surface area contributed by atoms with Crippen molar-refractivity contribution in [3.63, 3.8) is 0 Å². The van der Waals surface area contributed by atoms with Crippen LogP contribution in [0.25, 0.3) is 11.2 Å². The van der Waals surface area contributed by atoms with Gasteiger partial charge in [0.2, 0.25) is 5.91 Å². The Morgan fingerprint density at radius 2 is 1.83 bits per heavy atom. The number of carbonyl (C=O) groups is 3. The van der Waals surface area contributed by atoms with E-state index in [-0.39, 0.29) is 55.0 Å². The van der Waals surface area contributed by atoms with Gasteiger partial charge in [-0.1, -0.05) is 51.0 Å². The molecule has 0 aliphatic carbocycles. The number of nitrogens with two attached hydrogens (primary N) is 1. The Hall–Kier alpha value is -4.46. The van der Waals surface area contributed by atoms with Crippen LogP contribution in [0.2, 0.25) is 0 Å². The lowest BCUT2D eigenvalue weighted by Gasteiger charge is -2.41. The minimum Gasteiger partial charge on any atom is -0.469 e. The predicted octanol–water partition coefficient (Wildman–Crippen LogP) is 2.90. The summed E-state index contributed by atoms with van der Waals surface area (Å²) in [5.41, 5.74) is 8.11. The van der Waals surface area contributed by atoms with Gasteiger partial charge in [-0.25, -0.2) is 4.79 Å². The van der Waals surface area contributed by atoms with Crippen molar-refractivity contribution in [2.24, 2.45) is 5.92 Å². The van der Waals surface area contributed by atoms with E-state index in [2.05, 4.69) is 25.2 Å². The van der Waals surface area contributed by atoms with Crippen LogP contribution in [0, 0.1) is 5.92 Å². The molecular formula is C33H47N7O7. The van der Waals surface area contributed by atoms with Gasteiger partial charge in [0.15, 0.2) is 11.5 Å². The topological polar surface area (TPSA) is 184 Å². The Morgan fingerprint density at radius 3 is 2.51 bits per heavy atom. The second kappa shape index (κ2) is 16.9. The molecule has 1 saturated heterocycles. The number of hydrogen-bond acceptors (Lipinski definition) is 11. The van der Waals surface area contributed by atoms with Crippen LogP contribution in [0.5, 0.6) is 6.01 Å². The summed E-state index contributed by atoms with van der Waals surface area (Å²) in [4.78, 5) is 65.1. The van der Waals surface area contributed by atoms with Gasteiger partial charge in [0.1, 0.15) is 5.52 Å². The number of fused-ring (bicyclic) bond motifs is 1. The van der Waals surface area contributed by atoms with E-state index in [1.54, 1.807) is 6.92 Å². The molecule has 1 aromatic carbocycles. The minimum atomic E-state index is -0.512. The predicted molar refractivity (Wildman–Crippen MR) is 176 cm³/mol. The summed E-state index contributed by atoms with van der Waals surface area (Å²) in [6.45, 7) is 7.69. The number of nitrogens with zero attached hydrogens (tertiary/aromatic N) is 4. The second-order valence-corrected chi connectivity index (χ2v) is 11.8. The van der Waals surface area contributed by atoms with Crippen LogP contribution in [0.4, 0.5) is 5.82 Å². The van der Waals surface area contributed by atoms with Crippen LogP contribution < -0.4 is 21.5 Å². The number of ether oxygens (including phenoxy) is 3. The molecule has 0 spiro atoms. The van der Waals surface area contributed by atoms with Gasteiger partial charge in [0.05, 0.1) is 45.2 Å². The molecule has 1 aliphatic rings. The van der Waals surface area contributed by atoms with Gasteiger partial charge in [-0.15, -0.1) is 0 Å². The number of amides is 1. The number of carbonyl (C=O) groups excluding carboxylic acids is 3. The van der Waals surface area contributed by atoms with Crippen LogP contribution in [-0.2, 0) is 36.8 Å². The summed E-state index contributed by atoms with van der Waals surface area (Å²) >= 11 is 0. The van der Waals surface area contributed by atoms with Crippen molar-refractivity contribution in [1.29, 1.82) is 0 Å². The number of nitrogen functional groups attached to an aromatic ring is 1. The normalized spacial score (nSPS) is 17.3. The smallest absolute Gasteiger partial charge is 0.328 e. The number of unbranched alkanes of at least 4 members (excludes halogenated alkanes) is 1. The maximum atomic E-state index is 13.7. The molecule has 4 N–H and O–H groups in total. The number of H-pyrrole nitrogens is 1. The van der Waals surface area contributed by atoms with Crippen molar-refractivity contribution in [3.05, 3.63) is 45.9 Å². The molecule has 3 atom stereocenters. The molecule has 1 amide bonds. The first-order valence-electron chi connectivity index (χ1n) is 16.4. The fourth-order valence-corrected chi connectivity index (χ4v) is 6.01. The lowest BCUT2D eigenvalue weighted by molar-refractivity contribution is -0.145. The number of nitrogens with one attached hydrogen (secondary N) is 2. The highest BCUT2D eigenvalue weighted by Crippen LogP contribution is 2.34. The number of aromatic nitrogens is 4. The average molecular weight is 654 g/mol. The Balaban J connectivity index is 1.59. The number of aromatic amines is 1. The number of imidazole rings is 1. The molecule has 4 rings (SSSR count). The fourth-order valence-electron chi connectivity index (χ4n) is 6.01. The van der Waals surface area contributed by atoms with E-state index in [4.69, 9.17) is 19.9 Å². The highest BCUT2D eigenvalue weighted by Gasteiger charge is 2.38. The van der Waals surface area contributed by atoms with E-state index >= 15 is 0 Å². The van der Waals surface area contributed by atoms with Gasteiger partial charge in [0, 0.05) is 13.1 Å². The van der Waals surface area contributed by atoms with Gasteiger partial charge < -0.3 is 30.2 Å². The molecule has 0 bridgehead atoms. The molecule has 47 heavy (non-hydrogen) atoms. The van der Waals surface area contributed by atoms with Crippen LogP contribution in [0.15, 0.2) is 29.1 Å². The van der Waals surface area contributed by atoms with Crippen molar-refractivity contribution >= 4 is 34.8 Å². The largest absolute Gasteiger partial charge is 0.469 e. The number of benzene rings is 1. The van der Waals surface area contributed by atoms with Gasteiger partial charge in [0.25, 0.3) is 0 Å². The van der Waals surface area contributed by atoms with E-state index in [1.807, 2.05) is 38.1 Å². The molecule has 3 aromatic rings. The molecule has 1 aliphatic heterocycles. The minimum absolute atomic E-state index is 0.0763. The van der Waals surface area contributed by atoms with Crippen LogP contribution in [-0.4, -0.2) is 81.7 Å². The first kappa shape index (κ1) is 35.4. The number of piperidine rings is 1. The van der Waals surface area contributed by atoms with E-state index < -0.39 is 17.8 Å². The molecule has 0 saturated carbocycles. The standard InChI is InChI=1S/C33H47N7O7/c1-5-8-16-47-32-37-29(34)28-30(38-32)40(33(44)36-28)25-20-39(15-14-23(25)18-27(42)46-7-3)24(9-6-2)31(43)35-19-22-12-10-21(11-13-22)17-26(41)45-4/h10-13,23-25H,5-9,14-20H2,1-4H3,(H,35,43)(H,36,44)(H2,34,37,38). The van der Waals surface area contributed by atoms with Crippen molar-refractivity contribution in [3.8, 4) is 6.01 Å². The average Bonchev–Trinajstić information content (AvgIpc) is 3.39. The van der Waals surface area contributed by atoms with Gasteiger partial charge in [-0.05, 0) is 49.8 Å². The lowest BCUT2D eigenvalue weighted by atomic mass is 9.87. The Kier molecular flexibility index (Phi) is 12.7. The number of anilines is 1.